The molecule has 1 aromatic heterocycles. The van der Waals surface area contributed by atoms with E-state index in [0.29, 0.717) is 5.69 Å². The largest absolute Gasteiger partial charge is 0.309 e. The molecule has 0 saturated carbocycles. The molecule has 0 aliphatic carbocycles. The maximum Gasteiger partial charge on any atom is 0.251 e. The van der Waals surface area contributed by atoms with Crippen molar-refractivity contribution in [3.05, 3.63) is 27.9 Å². The molecule has 92 valence electrons. The van der Waals surface area contributed by atoms with E-state index < -0.39 is 0 Å². The molecule has 0 radical (unpaired) electrons. The molecule has 4 heterocycles. The third-order valence-corrected chi connectivity index (χ3v) is 3.82. The second kappa shape index (κ2) is 4.40. The van der Waals surface area contributed by atoms with Crippen molar-refractivity contribution in [2.75, 3.05) is 32.7 Å². The van der Waals surface area contributed by atoms with Crippen LogP contribution in [0.5, 0.6) is 0 Å². The first-order chi connectivity index (χ1) is 8.26. The van der Waals surface area contributed by atoms with E-state index in [2.05, 4.69) is 19.8 Å². The molecule has 0 spiro atoms. The fraction of sp³-hybridized carbons (Fsp3) is 0.636. The van der Waals surface area contributed by atoms with E-state index in [4.69, 9.17) is 11.6 Å². The molecule has 1 unspecified atom stereocenters. The average molecular weight is 255 g/mol. The monoisotopic (exact) mass is 254 g/mol. The zero-order valence-electron chi connectivity index (χ0n) is 9.53. The molecule has 1 N–H and O–H groups in total. The molecule has 0 aromatic carbocycles. The lowest BCUT2D eigenvalue weighted by atomic mass is 10.1. The van der Waals surface area contributed by atoms with E-state index in [1.54, 1.807) is 0 Å². The number of hydrogen-bond donors (Lipinski definition) is 1. The fourth-order valence-electron chi connectivity index (χ4n) is 2.63. The predicted molar refractivity (Wildman–Crippen MR) is 65.2 cm³/mol. The SMILES string of the molecule is O=c1cc(CCl)nc(C2CN3CCN2CC3)[nH]1. The summed E-state index contributed by atoms with van der Waals surface area (Å²) in [4.78, 5) is 23.6. The van der Waals surface area contributed by atoms with Gasteiger partial charge in [-0.3, -0.25) is 14.6 Å². The topological polar surface area (TPSA) is 52.2 Å². The number of rotatable bonds is 2. The van der Waals surface area contributed by atoms with Gasteiger partial charge in [0.15, 0.2) is 0 Å². The summed E-state index contributed by atoms with van der Waals surface area (Å²) in [6, 6.07) is 1.68. The Hall–Kier alpha value is -0.910. The molecule has 5 nitrogen and oxygen atoms in total. The Morgan fingerprint density at radius 2 is 2.18 bits per heavy atom. The summed E-state index contributed by atoms with van der Waals surface area (Å²) < 4.78 is 0. The van der Waals surface area contributed by atoms with Crippen LogP contribution < -0.4 is 5.56 Å². The number of aromatic nitrogens is 2. The van der Waals surface area contributed by atoms with Crippen LogP contribution in [0.2, 0.25) is 0 Å². The van der Waals surface area contributed by atoms with E-state index in [1.165, 1.54) is 6.07 Å². The molecule has 3 fully saturated rings. The van der Waals surface area contributed by atoms with Crippen LogP contribution >= 0.6 is 11.6 Å². The Morgan fingerprint density at radius 1 is 1.41 bits per heavy atom. The van der Waals surface area contributed by atoms with E-state index in [-0.39, 0.29) is 17.5 Å². The number of alkyl halides is 1. The number of aromatic amines is 1. The van der Waals surface area contributed by atoms with Gasteiger partial charge in [-0.1, -0.05) is 0 Å². The van der Waals surface area contributed by atoms with Crippen LogP contribution in [0.1, 0.15) is 17.6 Å². The van der Waals surface area contributed by atoms with E-state index in [0.717, 1.165) is 38.5 Å². The standard InChI is InChI=1S/C11H15ClN4O/c12-6-8-5-10(17)14-11(13-8)9-7-15-1-3-16(9)4-2-15/h5,9H,1-4,6-7H2,(H,13,14,17). The van der Waals surface area contributed by atoms with Crippen molar-refractivity contribution in [2.45, 2.75) is 11.9 Å². The molecule has 6 heteroatoms. The molecule has 4 rings (SSSR count). The van der Waals surface area contributed by atoms with E-state index >= 15 is 0 Å². The number of halogens is 1. The Morgan fingerprint density at radius 3 is 2.76 bits per heavy atom. The Balaban J connectivity index is 1.93. The van der Waals surface area contributed by atoms with Gasteiger partial charge in [-0.05, 0) is 0 Å². The minimum Gasteiger partial charge on any atom is -0.309 e. The number of hydrogen-bond acceptors (Lipinski definition) is 4. The minimum absolute atomic E-state index is 0.108. The highest BCUT2D eigenvalue weighted by atomic mass is 35.5. The van der Waals surface area contributed by atoms with Gasteiger partial charge < -0.3 is 4.98 Å². The summed E-state index contributed by atoms with van der Waals surface area (Å²) in [6.07, 6.45) is 0. The van der Waals surface area contributed by atoms with Crippen molar-refractivity contribution in [3.8, 4) is 0 Å². The van der Waals surface area contributed by atoms with Crippen molar-refractivity contribution >= 4 is 11.6 Å². The Bertz CT molecular complexity index is 467. The minimum atomic E-state index is -0.108. The van der Waals surface area contributed by atoms with Crippen LogP contribution in [-0.4, -0.2) is 52.5 Å². The third kappa shape index (κ3) is 2.10. The van der Waals surface area contributed by atoms with Crippen molar-refractivity contribution in [3.63, 3.8) is 0 Å². The molecule has 3 aliphatic heterocycles. The van der Waals surface area contributed by atoms with Crippen LogP contribution in [0.4, 0.5) is 0 Å². The second-order valence-electron chi connectivity index (χ2n) is 4.61. The van der Waals surface area contributed by atoms with Gasteiger partial charge in [-0.15, -0.1) is 11.6 Å². The summed E-state index contributed by atoms with van der Waals surface area (Å²) in [6.45, 7) is 5.31. The van der Waals surface area contributed by atoms with Crippen LogP contribution in [0.3, 0.4) is 0 Å². The number of H-pyrrole nitrogens is 1. The lowest BCUT2D eigenvalue weighted by molar-refractivity contribution is 0.00848. The van der Waals surface area contributed by atoms with Gasteiger partial charge in [0, 0.05) is 38.8 Å². The predicted octanol–water partition coefficient (Wildman–Crippen LogP) is 0.181. The van der Waals surface area contributed by atoms with Crippen molar-refractivity contribution in [2.24, 2.45) is 0 Å². The second-order valence-corrected chi connectivity index (χ2v) is 4.88. The lowest BCUT2D eigenvalue weighted by Gasteiger charge is -2.46. The molecule has 3 aliphatic rings. The first-order valence-electron chi connectivity index (χ1n) is 5.89. The summed E-state index contributed by atoms with van der Waals surface area (Å²) in [5.41, 5.74) is 0.548. The maximum absolute atomic E-state index is 11.5. The van der Waals surface area contributed by atoms with Crippen LogP contribution in [0.15, 0.2) is 10.9 Å². The highest BCUT2D eigenvalue weighted by Gasteiger charge is 2.34. The Labute approximate surface area is 104 Å². The quantitative estimate of drug-likeness (QED) is 0.765. The van der Waals surface area contributed by atoms with E-state index in [1.807, 2.05) is 0 Å². The van der Waals surface area contributed by atoms with Crippen molar-refractivity contribution in [1.29, 1.82) is 0 Å². The van der Waals surface area contributed by atoms with Gasteiger partial charge in [0.1, 0.15) is 5.82 Å². The van der Waals surface area contributed by atoms with Gasteiger partial charge in [0.05, 0.1) is 17.6 Å². The maximum atomic E-state index is 11.5. The molecular formula is C11H15ClN4O. The van der Waals surface area contributed by atoms with Crippen LogP contribution in [0, 0.1) is 0 Å². The van der Waals surface area contributed by atoms with Gasteiger partial charge in [0.25, 0.3) is 5.56 Å². The molecule has 1 atom stereocenters. The average Bonchev–Trinajstić information content (AvgIpc) is 2.39. The number of piperazine rings is 3. The van der Waals surface area contributed by atoms with Crippen molar-refractivity contribution in [1.82, 2.24) is 19.8 Å². The zero-order chi connectivity index (χ0) is 11.8. The lowest BCUT2D eigenvalue weighted by Crippen LogP contribution is -2.57. The summed E-state index contributed by atoms with van der Waals surface area (Å²) in [5.74, 6) is 1.05. The third-order valence-electron chi connectivity index (χ3n) is 3.54. The molecule has 1 aromatic rings. The van der Waals surface area contributed by atoms with Gasteiger partial charge in [-0.25, -0.2) is 4.98 Å². The fourth-order valence-corrected chi connectivity index (χ4v) is 2.77. The van der Waals surface area contributed by atoms with Gasteiger partial charge in [-0.2, -0.15) is 0 Å². The molecular weight excluding hydrogens is 240 g/mol. The number of nitrogens with one attached hydrogen (secondary N) is 1. The smallest absolute Gasteiger partial charge is 0.251 e. The van der Waals surface area contributed by atoms with Crippen molar-refractivity contribution < 1.29 is 0 Å². The zero-order valence-corrected chi connectivity index (χ0v) is 10.3. The van der Waals surface area contributed by atoms with Crippen LogP contribution in [-0.2, 0) is 5.88 Å². The summed E-state index contributed by atoms with van der Waals surface area (Å²) in [7, 11) is 0. The first-order valence-corrected chi connectivity index (χ1v) is 6.42. The summed E-state index contributed by atoms with van der Waals surface area (Å²) in [5, 5.41) is 0. The van der Waals surface area contributed by atoms with Crippen LogP contribution in [0.25, 0.3) is 0 Å². The number of nitrogens with zero attached hydrogens (tertiary/aromatic N) is 3. The van der Waals surface area contributed by atoms with E-state index in [9.17, 15) is 4.79 Å². The first kappa shape index (κ1) is 11.2. The molecule has 3 saturated heterocycles. The highest BCUT2D eigenvalue weighted by molar-refractivity contribution is 6.16. The number of fused-ring (bicyclic) bond motifs is 3. The highest BCUT2D eigenvalue weighted by Crippen LogP contribution is 2.26. The van der Waals surface area contributed by atoms with Gasteiger partial charge >= 0.3 is 0 Å². The Kier molecular flexibility index (Phi) is 2.90. The van der Waals surface area contributed by atoms with Gasteiger partial charge in [0.2, 0.25) is 0 Å². The molecule has 0 amide bonds. The normalized spacial score (nSPS) is 31.7. The molecule has 2 bridgehead atoms. The molecule has 17 heavy (non-hydrogen) atoms. The summed E-state index contributed by atoms with van der Waals surface area (Å²) >= 11 is 5.75.